The molecule has 106 valence electrons. The Morgan fingerprint density at radius 1 is 0.800 bits per heavy atom. The third kappa shape index (κ3) is 3.05. The van der Waals surface area contributed by atoms with E-state index in [1.54, 1.807) is 14.2 Å². The number of benzene rings is 2. The van der Waals surface area contributed by atoms with Gasteiger partial charge in [0, 0.05) is 12.0 Å². The van der Waals surface area contributed by atoms with E-state index in [4.69, 9.17) is 14.2 Å². The van der Waals surface area contributed by atoms with Crippen LogP contribution in [-0.4, -0.2) is 20.8 Å². The Morgan fingerprint density at radius 3 is 2.20 bits per heavy atom. The maximum Gasteiger partial charge on any atom is 0.164 e. The van der Waals surface area contributed by atoms with E-state index < -0.39 is 0 Å². The van der Waals surface area contributed by atoms with Gasteiger partial charge in [-0.1, -0.05) is 30.3 Å². The highest BCUT2D eigenvalue weighted by molar-refractivity contribution is 5.49. The SMILES string of the molecule is CCOc1ccccc1Cc1cccc(OC)c1OC. The van der Waals surface area contributed by atoms with Crippen LogP contribution in [0.3, 0.4) is 0 Å². The molecule has 2 rings (SSSR count). The first kappa shape index (κ1) is 14.3. The van der Waals surface area contributed by atoms with Crippen molar-refractivity contribution in [2.24, 2.45) is 0 Å². The van der Waals surface area contributed by atoms with Gasteiger partial charge in [0.2, 0.25) is 0 Å². The molecule has 0 spiro atoms. The van der Waals surface area contributed by atoms with Crippen molar-refractivity contribution in [3.05, 3.63) is 53.6 Å². The van der Waals surface area contributed by atoms with Gasteiger partial charge in [-0.05, 0) is 24.6 Å². The van der Waals surface area contributed by atoms with Gasteiger partial charge in [-0.2, -0.15) is 0 Å². The molecule has 0 N–H and O–H groups in total. The van der Waals surface area contributed by atoms with E-state index in [2.05, 4.69) is 6.07 Å². The molecule has 2 aromatic rings. The molecule has 0 bridgehead atoms. The Hall–Kier alpha value is -2.16. The fourth-order valence-corrected chi connectivity index (χ4v) is 2.24. The van der Waals surface area contributed by atoms with E-state index >= 15 is 0 Å². The smallest absolute Gasteiger partial charge is 0.164 e. The first-order chi connectivity index (χ1) is 9.80. The zero-order valence-corrected chi connectivity index (χ0v) is 12.2. The molecule has 0 heterocycles. The minimum absolute atomic E-state index is 0.659. The molecule has 20 heavy (non-hydrogen) atoms. The zero-order chi connectivity index (χ0) is 14.4. The maximum absolute atomic E-state index is 5.67. The average Bonchev–Trinajstić information content (AvgIpc) is 2.49. The molecule has 0 unspecified atom stereocenters. The van der Waals surface area contributed by atoms with Crippen molar-refractivity contribution in [2.45, 2.75) is 13.3 Å². The summed E-state index contributed by atoms with van der Waals surface area (Å²) in [5, 5.41) is 0. The van der Waals surface area contributed by atoms with Gasteiger partial charge in [0.15, 0.2) is 11.5 Å². The number of ether oxygens (including phenoxy) is 3. The molecule has 0 saturated heterocycles. The summed E-state index contributed by atoms with van der Waals surface area (Å²) < 4.78 is 16.5. The van der Waals surface area contributed by atoms with Crippen LogP contribution >= 0.6 is 0 Å². The van der Waals surface area contributed by atoms with Gasteiger partial charge in [0.05, 0.1) is 20.8 Å². The second kappa shape index (κ2) is 6.85. The van der Waals surface area contributed by atoms with Crippen LogP contribution in [0.1, 0.15) is 18.1 Å². The Bertz CT molecular complexity index is 564. The van der Waals surface area contributed by atoms with Gasteiger partial charge in [-0.15, -0.1) is 0 Å². The van der Waals surface area contributed by atoms with Crippen LogP contribution in [0, 0.1) is 0 Å². The standard InChI is InChI=1S/C17H20O3/c1-4-20-15-10-6-5-8-13(15)12-14-9-7-11-16(18-2)17(14)19-3/h5-11H,4,12H2,1-3H3. The van der Waals surface area contributed by atoms with Crippen LogP contribution < -0.4 is 14.2 Å². The van der Waals surface area contributed by atoms with Gasteiger partial charge in [0.1, 0.15) is 5.75 Å². The summed E-state index contributed by atoms with van der Waals surface area (Å²) in [5.74, 6) is 2.44. The molecular formula is C17H20O3. The number of hydrogen-bond donors (Lipinski definition) is 0. The number of hydrogen-bond acceptors (Lipinski definition) is 3. The Labute approximate surface area is 120 Å². The molecule has 3 heteroatoms. The van der Waals surface area contributed by atoms with Crippen LogP contribution in [0.4, 0.5) is 0 Å². The largest absolute Gasteiger partial charge is 0.494 e. The Kier molecular flexibility index (Phi) is 4.88. The van der Waals surface area contributed by atoms with Gasteiger partial charge in [-0.25, -0.2) is 0 Å². The van der Waals surface area contributed by atoms with Crippen LogP contribution in [0.25, 0.3) is 0 Å². The molecule has 0 aliphatic carbocycles. The van der Waals surface area contributed by atoms with Crippen molar-refractivity contribution in [3.8, 4) is 17.2 Å². The fourth-order valence-electron chi connectivity index (χ4n) is 2.24. The summed E-state index contributed by atoms with van der Waals surface area (Å²) in [6, 6.07) is 14.0. The second-order valence-electron chi connectivity index (χ2n) is 4.37. The summed E-state index contributed by atoms with van der Waals surface area (Å²) in [6.45, 7) is 2.65. The van der Waals surface area contributed by atoms with Crippen LogP contribution in [0.5, 0.6) is 17.2 Å². The highest BCUT2D eigenvalue weighted by Crippen LogP contribution is 2.33. The van der Waals surface area contributed by atoms with E-state index in [1.165, 1.54) is 0 Å². The first-order valence-electron chi connectivity index (χ1n) is 6.70. The van der Waals surface area contributed by atoms with Gasteiger partial charge in [0.25, 0.3) is 0 Å². The highest BCUT2D eigenvalue weighted by Gasteiger charge is 2.12. The Morgan fingerprint density at radius 2 is 1.50 bits per heavy atom. The van der Waals surface area contributed by atoms with Gasteiger partial charge in [-0.3, -0.25) is 0 Å². The predicted molar refractivity (Wildman–Crippen MR) is 80.0 cm³/mol. The molecule has 2 aromatic carbocycles. The molecule has 0 atom stereocenters. The summed E-state index contributed by atoms with van der Waals surface area (Å²) in [6.07, 6.45) is 0.747. The summed E-state index contributed by atoms with van der Waals surface area (Å²) in [5.41, 5.74) is 2.22. The predicted octanol–water partition coefficient (Wildman–Crippen LogP) is 3.69. The minimum Gasteiger partial charge on any atom is -0.494 e. The van der Waals surface area contributed by atoms with Crippen molar-refractivity contribution in [2.75, 3.05) is 20.8 Å². The topological polar surface area (TPSA) is 27.7 Å². The van der Waals surface area contributed by atoms with E-state index in [-0.39, 0.29) is 0 Å². The monoisotopic (exact) mass is 272 g/mol. The lowest BCUT2D eigenvalue weighted by molar-refractivity contribution is 0.336. The first-order valence-corrected chi connectivity index (χ1v) is 6.70. The van der Waals surface area contributed by atoms with Gasteiger partial charge >= 0.3 is 0 Å². The van der Waals surface area contributed by atoms with Gasteiger partial charge < -0.3 is 14.2 Å². The van der Waals surface area contributed by atoms with Crippen molar-refractivity contribution in [1.82, 2.24) is 0 Å². The molecule has 0 aromatic heterocycles. The van der Waals surface area contributed by atoms with Crippen LogP contribution in [0.2, 0.25) is 0 Å². The molecule has 3 nitrogen and oxygen atoms in total. The van der Waals surface area contributed by atoms with E-state index in [0.717, 1.165) is 34.8 Å². The lowest BCUT2D eigenvalue weighted by atomic mass is 10.0. The average molecular weight is 272 g/mol. The van der Waals surface area contributed by atoms with Crippen LogP contribution in [0.15, 0.2) is 42.5 Å². The molecule has 0 saturated carbocycles. The zero-order valence-electron chi connectivity index (χ0n) is 12.2. The summed E-state index contributed by atoms with van der Waals surface area (Å²) in [4.78, 5) is 0. The number of para-hydroxylation sites is 2. The molecule has 0 fully saturated rings. The van der Waals surface area contributed by atoms with Crippen molar-refractivity contribution in [1.29, 1.82) is 0 Å². The maximum atomic E-state index is 5.67. The lowest BCUT2D eigenvalue weighted by Crippen LogP contribution is -2.00. The molecule has 0 amide bonds. The second-order valence-corrected chi connectivity index (χ2v) is 4.37. The minimum atomic E-state index is 0.659. The van der Waals surface area contributed by atoms with Crippen molar-refractivity contribution in [3.63, 3.8) is 0 Å². The summed E-state index contributed by atoms with van der Waals surface area (Å²) >= 11 is 0. The lowest BCUT2D eigenvalue weighted by Gasteiger charge is -2.14. The van der Waals surface area contributed by atoms with Crippen molar-refractivity contribution < 1.29 is 14.2 Å². The third-order valence-electron chi connectivity index (χ3n) is 3.14. The molecule has 0 aliphatic rings. The normalized spacial score (nSPS) is 10.2. The van der Waals surface area contributed by atoms with E-state index in [0.29, 0.717) is 6.61 Å². The molecule has 0 aliphatic heterocycles. The third-order valence-corrected chi connectivity index (χ3v) is 3.14. The number of rotatable bonds is 6. The van der Waals surface area contributed by atoms with E-state index in [9.17, 15) is 0 Å². The molecule has 0 radical (unpaired) electrons. The van der Waals surface area contributed by atoms with E-state index in [1.807, 2.05) is 43.3 Å². The fraction of sp³-hybridized carbons (Fsp3) is 0.294. The van der Waals surface area contributed by atoms with Crippen LogP contribution in [-0.2, 0) is 6.42 Å². The molecular weight excluding hydrogens is 252 g/mol. The quantitative estimate of drug-likeness (QED) is 0.802. The summed E-state index contributed by atoms with van der Waals surface area (Å²) in [7, 11) is 3.31. The van der Waals surface area contributed by atoms with Crippen molar-refractivity contribution >= 4 is 0 Å². The number of methoxy groups -OCH3 is 2. The Balaban J connectivity index is 2.35. The highest BCUT2D eigenvalue weighted by atomic mass is 16.5.